The van der Waals surface area contributed by atoms with Gasteiger partial charge in [0.2, 0.25) is 0 Å². The normalized spacial score (nSPS) is 18.4. The Balaban J connectivity index is 0.00000361. The summed E-state index contributed by atoms with van der Waals surface area (Å²) >= 11 is 0. The Labute approximate surface area is 123 Å². The lowest BCUT2D eigenvalue weighted by Crippen LogP contribution is -2.38. The predicted molar refractivity (Wildman–Crippen MR) is 73.2 cm³/mol. The Morgan fingerprint density at radius 3 is 2.30 bits per heavy atom. The first-order chi connectivity index (χ1) is 8.83. The molecule has 1 saturated carbocycles. The van der Waals surface area contributed by atoms with Gasteiger partial charge in [-0.15, -0.1) is 12.4 Å². The molecule has 0 heterocycles. The summed E-state index contributed by atoms with van der Waals surface area (Å²) in [7, 11) is 0. The molecule has 1 aliphatic carbocycles. The molecule has 1 rings (SSSR count). The molecule has 1 aliphatic rings. The number of alkyl halides is 3. The van der Waals surface area contributed by atoms with Crippen molar-refractivity contribution in [2.75, 3.05) is 13.1 Å². The number of carbonyl (C=O) groups is 1. The van der Waals surface area contributed by atoms with E-state index in [9.17, 15) is 18.0 Å². The molecule has 0 aliphatic heterocycles. The minimum Gasteiger partial charge on any atom is -0.481 e. The Kier molecular flexibility index (Phi) is 8.51. The zero-order valence-electron chi connectivity index (χ0n) is 11.5. The van der Waals surface area contributed by atoms with Crippen molar-refractivity contribution in [1.29, 1.82) is 0 Å². The van der Waals surface area contributed by atoms with Crippen molar-refractivity contribution in [2.45, 2.75) is 57.5 Å². The van der Waals surface area contributed by atoms with Crippen molar-refractivity contribution in [3.8, 4) is 0 Å². The van der Waals surface area contributed by atoms with Crippen LogP contribution in [0.25, 0.3) is 0 Å². The fourth-order valence-corrected chi connectivity index (χ4v) is 2.81. The molecule has 0 saturated heterocycles. The molecule has 0 aromatic rings. The topological polar surface area (TPSA) is 49.3 Å². The average Bonchev–Trinajstić information content (AvgIpc) is 2.27. The minimum atomic E-state index is -4.11. The number of halogens is 4. The molecule has 1 fully saturated rings. The summed E-state index contributed by atoms with van der Waals surface area (Å²) in [4.78, 5) is 10.9. The van der Waals surface area contributed by atoms with Crippen LogP contribution in [0, 0.1) is 5.41 Å². The molecule has 7 heteroatoms. The Bertz CT molecular complexity index is 292. The van der Waals surface area contributed by atoms with E-state index in [0.29, 0.717) is 13.1 Å². The number of carboxylic acids is 1. The van der Waals surface area contributed by atoms with Crippen LogP contribution < -0.4 is 5.32 Å². The first-order valence-electron chi connectivity index (χ1n) is 6.82. The lowest BCUT2D eigenvalue weighted by Gasteiger charge is -2.36. The third-order valence-electron chi connectivity index (χ3n) is 3.75. The zero-order chi connectivity index (χ0) is 14.4. The van der Waals surface area contributed by atoms with Crippen molar-refractivity contribution in [3.63, 3.8) is 0 Å². The van der Waals surface area contributed by atoms with Crippen LogP contribution in [0.5, 0.6) is 0 Å². The fourth-order valence-electron chi connectivity index (χ4n) is 2.81. The van der Waals surface area contributed by atoms with Gasteiger partial charge >= 0.3 is 12.1 Å². The highest BCUT2D eigenvalue weighted by atomic mass is 35.5. The maximum absolute atomic E-state index is 12.0. The van der Waals surface area contributed by atoms with Gasteiger partial charge in [-0.25, -0.2) is 0 Å². The quantitative estimate of drug-likeness (QED) is 0.703. The summed E-state index contributed by atoms with van der Waals surface area (Å²) in [5.41, 5.74) is -0.262. The van der Waals surface area contributed by atoms with Gasteiger partial charge in [-0.05, 0) is 31.2 Å². The van der Waals surface area contributed by atoms with Gasteiger partial charge in [0.25, 0.3) is 0 Å². The summed E-state index contributed by atoms with van der Waals surface area (Å²) < 4.78 is 35.9. The van der Waals surface area contributed by atoms with Gasteiger partial charge < -0.3 is 10.4 Å². The first-order valence-corrected chi connectivity index (χ1v) is 6.82. The SMILES string of the molecule is Cl.O=C(O)CC1(CNCCCC(F)(F)F)CCCCC1. The van der Waals surface area contributed by atoms with E-state index in [1.807, 2.05) is 0 Å². The van der Waals surface area contributed by atoms with Crippen molar-refractivity contribution in [3.05, 3.63) is 0 Å². The Hall–Kier alpha value is -0.490. The molecule has 120 valence electrons. The van der Waals surface area contributed by atoms with E-state index in [1.165, 1.54) is 0 Å². The summed E-state index contributed by atoms with van der Waals surface area (Å²) in [6.07, 6.45) is 0.116. The second-order valence-electron chi connectivity index (χ2n) is 5.53. The maximum Gasteiger partial charge on any atom is 0.389 e. The Morgan fingerprint density at radius 1 is 1.20 bits per heavy atom. The lowest BCUT2D eigenvalue weighted by atomic mass is 9.71. The maximum atomic E-state index is 12.0. The molecule has 0 aromatic carbocycles. The third-order valence-corrected chi connectivity index (χ3v) is 3.75. The van der Waals surface area contributed by atoms with Crippen LogP contribution >= 0.6 is 12.4 Å². The molecule has 0 aromatic heterocycles. The van der Waals surface area contributed by atoms with Crippen LogP contribution in [0.15, 0.2) is 0 Å². The molecule has 0 bridgehead atoms. The highest BCUT2D eigenvalue weighted by molar-refractivity contribution is 5.85. The second-order valence-corrected chi connectivity index (χ2v) is 5.53. The smallest absolute Gasteiger partial charge is 0.389 e. The average molecular weight is 318 g/mol. The molecular formula is C13H23ClF3NO2. The van der Waals surface area contributed by atoms with Crippen LogP contribution in [-0.4, -0.2) is 30.3 Å². The van der Waals surface area contributed by atoms with Gasteiger partial charge in [-0.1, -0.05) is 19.3 Å². The number of rotatable bonds is 7. The first kappa shape index (κ1) is 19.5. The molecule has 0 atom stereocenters. The van der Waals surface area contributed by atoms with Crippen LogP contribution in [0.1, 0.15) is 51.4 Å². The van der Waals surface area contributed by atoms with Crippen LogP contribution in [0.2, 0.25) is 0 Å². The van der Waals surface area contributed by atoms with Crippen LogP contribution in [-0.2, 0) is 4.79 Å². The van der Waals surface area contributed by atoms with E-state index in [1.54, 1.807) is 0 Å². The lowest BCUT2D eigenvalue weighted by molar-refractivity contribution is -0.140. The Morgan fingerprint density at radius 2 is 1.80 bits per heavy atom. The molecule has 0 amide bonds. The van der Waals surface area contributed by atoms with E-state index in [0.717, 1.165) is 32.1 Å². The number of aliphatic carboxylic acids is 1. The largest absolute Gasteiger partial charge is 0.481 e. The number of carboxylic acid groups (broad SMARTS) is 1. The van der Waals surface area contributed by atoms with Crippen LogP contribution in [0.4, 0.5) is 13.2 Å². The van der Waals surface area contributed by atoms with Crippen molar-refractivity contribution in [2.24, 2.45) is 5.41 Å². The molecule has 0 spiro atoms. The summed E-state index contributed by atoms with van der Waals surface area (Å²) in [6.45, 7) is 0.804. The van der Waals surface area contributed by atoms with Crippen LogP contribution in [0.3, 0.4) is 0 Å². The van der Waals surface area contributed by atoms with Crippen molar-refractivity contribution < 1.29 is 23.1 Å². The van der Waals surface area contributed by atoms with E-state index in [4.69, 9.17) is 5.11 Å². The molecule has 2 N–H and O–H groups in total. The minimum absolute atomic E-state index is 0. The molecular weight excluding hydrogens is 295 g/mol. The van der Waals surface area contributed by atoms with Gasteiger partial charge in [0, 0.05) is 13.0 Å². The zero-order valence-corrected chi connectivity index (χ0v) is 12.3. The van der Waals surface area contributed by atoms with Gasteiger partial charge in [-0.3, -0.25) is 4.79 Å². The van der Waals surface area contributed by atoms with Gasteiger partial charge in [0.1, 0.15) is 0 Å². The standard InChI is InChI=1S/C13H22F3NO2.ClH/c14-13(15,16)7-4-8-17-10-12(9-11(18)19)5-2-1-3-6-12;/h17H,1-10H2,(H,18,19);1H. The van der Waals surface area contributed by atoms with E-state index in [2.05, 4.69) is 5.32 Å². The van der Waals surface area contributed by atoms with E-state index >= 15 is 0 Å². The molecule has 20 heavy (non-hydrogen) atoms. The van der Waals surface area contributed by atoms with E-state index in [-0.39, 0.29) is 30.7 Å². The van der Waals surface area contributed by atoms with Gasteiger partial charge in [0.15, 0.2) is 0 Å². The monoisotopic (exact) mass is 317 g/mol. The molecule has 0 radical (unpaired) electrons. The highest BCUT2D eigenvalue weighted by Crippen LogP contribution is 2.38. The summed E-state index contributed by atoms with van der Waals surface area (Å²) in [5, 5.41) is 12.0. The van der Waals surface area contributed by atoms with Gasteiger partial charge in [-0.2, -0.15) is 13.2 Å². The van der Waals surface area contributed by atoms with E-state index < -0.39 is 18.6 Å². The van der Waals surface area contributed by atoms with Gasteiger partial charge in [0.05, 0.1) is 6.42 Å². The fraction of sp³-hybridized carbons (Fsp3) is 0.923. The molecule has 3 nitrogen and oxygen atoms in total. The molecule has 0 unspecified atom stereocenters. The highest BCUT2D eigenvalue weighted by Gasteiger charge is 2.34. The number of hydrogen-bond donors (Lipinski definition) is 2. The predicted octanol–water partition coefficient (Wildman–Crippen LogP) is 3.77. The summed E-state index contributed by atoms with van der Waals surface area (Å²) in [6, 6.07) is 0. The number of hydrogen-bond acceptors (Lipinski definition) is 2. The third kappa shape index (κ3) is 7.94. The number of nitrogens with one attached hydrogen (secondary N) is 1. The van der Waals surface area contributed by atoms with Crippen molar-refractivity contribution in [1.82, 2.24) is 5.32 Å². The van der Waals surface area contributed by atoms with Crippen molar-refractivity contribution >= 4 is 18.4 Å². The summed E-state index contributed by atoms with van der Waals surface area (Å²) in [5.74, 6) is -0.820. The second kappa shape index (κ2) is 8.72.